The molecule has 0 amide bonds. The second kappa shape index (κ2) is 5.04. The predicted octanol–water partition coefficient (Wildman–Crippen LogP) is 1.51. The molecule has 0 radical (unpaired) electrons. The summed E-state index contributed by atoms with van der Waals surface area (Å²) in [6.45, 7) is 3.85. The summed E-state index contributed by atoms with van der Waals surface area (Å²) >= 11 is 1.74. The Kier molecular flexibility index (Phi) is 3.47. The highest BCUT2D eigenvalue weighted by molar-refractivity contribution is 7.11. The highest BCUT2D eigenvalue weighted by Gasteiger charge is 1.98. The minimum atomic E-state index is 0.895. The standard InChI is InChI=1S/C10H14N4S/c1-8-14-7-9(15-8)6-11-3-2-10-12-4-5-13-10/h4-5,7,11H,2-3,6H2,1H3,(H,12,13). The van der Waals surface area contributed by atoms with Crippen molar-refractivity contribution in [3.8, 4) is 0 Å². The van der Waals surface area contributed by atoms with Gasteiger partial charge in [-0.3, -0.25) is 0 Å². The maximum atomic E-state index is 4.21. The van der Waals surface area contributed by atoms with Gasteiger partial charge in [0.25, 0.3) is 0 Å². The van der Waals surface area contributed by atoms with Crippen LogP contribution in [-0.4, -0.2) is 21.5 Å². The molecule has 0 bridgehead atoms. The largest absolute Gasteiger partial charge is 0.349 e. The molecule has 2 aromatic heterocycles. The Hall–Kier alpha value is -1.20. The Labute approximate surface area is 92.8 Å². The first-order valence-electron chi connectivity index (χ1n) is 4.95. The molecule has 0 aliphatic rings. The van der Waals surface area contributed by atoms with Gasteiger partial charge in [0.1, 0.15) is 5.82 Å². The van der Waals surface area contributed by atoms with E-state index in [1.165, 1.54) is 4.88 Å². The summed E-state index contributed by atoms with van der Waals surface area (Å²) in [5.41, 5.74) is 0. The van der Waals surface area contributed by atoms with E-state index >= 15 is 0 Å². The molecule has 4 nitrogen and oxygen atoms in total. The van der Waals surface area contributed by atoms with Crippen molar-refractivity contribution < 1.29 is 0 Å². The van der Waals surface area contributed by atoms with Crippen molar-refractivity contribution >= 4 is 11.3 Å². The molecule has 0 saturated heterocycles. The van der Waals surface area contributed by atoms with Crippen LogP contribution < -0.4 is 5.32 Å². The summed E-state index contributed by atoms with van der Waals surface area (Å²) in [7, 11) is 0. The molecule has 0 atom stereocenters. The van der Waals surface area contributed by atoms with Crippen LogP contribution in [0, 0.1) is 6.92 Å². The molecule has 0 saturated carbocycles. The number of nitrogens with one attached hydrogen (secondary N) is 2. The minimum Gasteiger partial charge on any atom is -0.349 e. The average Bonchev–Trinajstić information content (AvgIpc) is 2.84. The minimum absolute atomic E-state index is 0.895. The number of nitrogens with zero attached hydrogens (tertiary/aromatic N) is 2. The lowest BCUT2D eigenvalue weighted by Crippen LogP contribution is -2.16. The number of H-pyrrole nitrogens is 1. The van der Waals surface area contributed by atoms with Gasteiger partial charge in [-0.15, -0.1) is 11.3 Å². The van der Waals surface area contributed by atoms with E-state index in [9.17, 15) is 0 Å². The molecule has 80 valence electrons. The number of rotatable bonds is 5. The number of aromatic amines is 1. The first-order chi connectivity index (χ1) is 7.34. The lowest BCUT2D eigenvalue weighted by Gasteiger charge is -2.00. The molecule has 5 heteroatoms. The van der Waals surface area contributed by atoms with Crippen molar-refractivity contribution in [1.82, 2.24) is 20.3 Å². The quantitative estimate of drug-likeness (QED) is 0.754. The lowest BCUT2D eigenvalue weighted by atomic mass is 10.4. The summed E-state index contributed by atoms with van der Waals surface area (Å²) in [4.78, 5) is 12.7. The van der Waals surface area contributed by atoms with Crippen LogP contribution in [0.25, 0.3) is 0 Å². The van der Waals surface area contributed by atoms with E-state index in [0.717, 1.165) is 30.3 Å². The Morgan fingerprint density at radius 2 is 2.40 bits per heavy atom. The van der Waals surface area contributed by atoms with Crippen molar-refractivity contribution in [3.63, 3.8) is 0 Å². The van der Waals surface area contributed by atoms with Crippen molar-refractivity contribution in [1.29, 1.82) is 0 Å². The highest BCUT2D eigenvalue weighted by atomic mass is 32.1. The van der Waals surface area contributed by atoms with Crippen molar-refractivity contribution in [3.05, 3.63) is 34.3 Å². The van der Waals surface area contributed by atoms with Crippen LogP contribution in [0.15, 0.2) is 18.6 Å². The second-order valence-corrected chi connectivity index (χ2v) is 4.63. The van der Waals surface area contributed by atoms with Gasteiger partial charge in [-0.05, 0) is 6.92 Å². The number of thiazole rings is 1. The Balaban J connectivity index is 1.67. The normalized spacial score (nSPS) is 10.7. The lowest BCUT2D eigenvalue weighted by molar-refractivity contribution is 0.679. The van der Waals surface area contributed by atoms with Gasteiger partial charge < -0.3 is 10.3 Å². The average molecular weight is 222 g/mol. The third kappa shape index (κ3) is 3.14. The third-order valence-corrected chi connectivity index (χ3v) is 2.97. The maximum Gasteiger partial charge on any atom is 0.107 e. The number of aryl methyl sites for hydroxylation is 1. The third-order valence-electron chi connectivity index (χ3n) is 2.06. The number of hydrogen-bond donors (Lipinski definition) is 2. The summed E-state index contributed by atoms with van der Waals surface area (Å²) < 4.78 is 0. The monoisotopic (exact) mass is 222 g/mol. The number of imidazole rings is 1. The Morgan fingerprint density at radius 1 is 1.47 bits per heavy atom. The van der Waals surface area contributed by atoms with Crippen LogP contribution in [0.3, 0.4) is 0 Å². The molecule has 0 aliphatic heterocycles. The predicted molar refractivity (Wildman–Crippen MR) is 60.8 cm³/mol. The summed E-state index contributed by atoms with van der Waals surface area (Å²) in [5, 5.41) is 4.49. The van der Waals surface area contributed by atoms with E-state index in [1.807, 2.05) is 19.3 Å². The van der Waals surface area contributed by atoms with Crippen molar-refractivity contribution in [2.75, 3.05) is 6.54 Å². The summed E-state index contributed by atoms with van der Waals surface area (Å²) in [6, 6.07) is 0. The Bertz CT molecular complexity index is 393. The van der Waals surface area contributed by atoms with Gasteiger partial charge in [0.15, 0.2) is 0 Å². The molecule has 2 N–H and O–H groups in total. The van der Waals surface area contributed by atoms with E-state index < -0.39 is 0 Å². The van der Waals surface area contributed by atoms with Crippen LogP contribution in [-0.2, 0) is 13.0 Å². The zero-order valence-corrected chi connectivity index (χ0v) is 9.47. The number of hydrogen-bond acceptors (Lipinski definition) is 4. The van der Waals surface area contributed by atoms with Crippen LogP contribution in [0.2, 0.25) is 0 Å². The van der Waals surface area contributed by atoms with Crippen molar-refractivity contribution in [2.45, 2.75) is 19.9 Å². The molecule has 2 aromatic rings. The van der Waals surface area contributed by atoms with Gasteiger partial charge >= 0.3 is 0 Å². The fraction of sp³-hybridized carbons (Fsp3) is 0.400. The molecule has 0 unspecified atom stereocenters. The van der Waals surface area contributed by atoms with Gasteiger partial charge in [0.2, 0.25) is 0 Å². The first-order valence-corrected chi connectivity index (χ1v) is 5.76. The van der Waals surface area contributed by atoms with Gasteiger partial charge in [0.05, 0.1) is 5.01 Å². The maximum absolute atomic E-state index is 4.21. The van der Waals surface area contributed by atoms with Gasteiger partial charge in [-0.1, -0.05) is 0 Å². The highest BCUT2D eigenvalue weighted by Crippen LogP contribution is 2.10. The SMILES string of the molecule is Cc1ncc(CNCCc2ncc[nH]2)s1. The van der Waals surface area contributed by atoms with Gasteiger partial charge in [-0.2, -0.15) is 0 Å². The zero-order valence-electron chi connectivity index (χ0n) is 8.66. The van der Waals surface area contributed by atoms with Crippen molar-refractivity contribution in [2.24, 2.45) is 0 Å². The van der Waals surface area contributed by atoms with Gasteiger partial charge in [0, 0.05) is 43.0 Å². The van der Waals surface area contributed by atoms with E-state index in [-0.39, 0.29) is 0 Å². The zero-order chi connectivity index (χ0) is 10.5. The molecule has 2 rings (SSSR count). The van der Waals surface area contributed by atoms with Crippen LogP contribution in [0.5, 0.6) is 0 Å². The molecular weight excluding hydrogens is 208 g/mol. The topological polar surface area (TPSA) is 53.6 Å². The molecule has 2 heterocycles. The molecule has 0 aliphatic carbocycles. The van der Waals surface area contributed by atoms with Crippen LogP contribution >= 0.6 is 11.3 Å². The molecule has 15 heavy (non-hydrogen) atoms. The fourth-order valence-corrected chi connectivity index (χ4v) is 2.10. The first kappa shape index (κ1) is 10.3. The van der Waals surface area contributed by atoms with E-state index in [0.29, 0.717) is 0 Å². The van der Waals surface area contributed by atoms with E-state index in [2.05, 4.69) is 20.3 Å². The molecular formula is C10H14N4S. The van der Waals surface area contributed by atoms with Crippen LogP contribution in [0.4, 0.5) is 0 Å². The number of aromatic nitrogens is 3. The van der Waals surface area contributed by atoms with E-state index in [1.54, 1.807) is 17.5 Å². The second-order valence-electron chi connectivity index (χ2n) is 3.31. The molecule has 0 fully saturated rings. The molecule has 0 aromatic carbocycles. The molecule has 0 spiro atoms. The Morgan fingerprint density at radius 3 is 3.07 bits per heavy atom. The van der Waals surface area contributed by atoms with E-state index in [4.69, 9.17) is 0 Å². The van der Waals surface area contributed by atoms with Crippen LogP contribution in [0.1, 0.15) is 15.7 Å². The smallest absolute Gasteiger partial charge is 0.107 e. The fourth-order valence-electron chi connectivity index (χ4n) is 1.34. The summed E-state index contributed by atoms with van der Waals surface area (Å²) in [5.74, 6) is 1.03. The van der Waals surface area contributed by atoms with Gasteiger partial charge in [-0.25, -0.2) is 9.97 Å². The summed E-state index contributed by atoms with van der Waals surface area (Å²) in [6.07, 6.45) is 6.49.